The number of benzene rings is 1. The molecule has 3 heteroatoms. The number of carboxylic acids is 1. The number of hydrogen-bond acceptors (Lipinski definition) is 2. The first-order valence-electron chi connectivity index (χ1n) is 4.52. The third kappa shape index (κ3) is 2.49. The maximum atomic E-state index is 10.6. The zero-order chi connectivity index (χ0) is 10.7. The summed E-state index contributed by atoms with van der Waals surface area (Å²) in [6.45, 7) is 3.54. The van der Waals surface area contributed by atoms with Crippen molar-refractivity contribution in [2.75, 3.05) is 0 Å². The molecule has 14 heavy (non-hydrogen) atoms. The van der Waals surface area contributed by atoms with Gasteiger partial charge in [-0.05, 0) is 25.0 Å². The van der Waals surface area contributed by atoms with Gasteiger partial charge in [-0.25, -0.2) is 0 Å². The zero-order valence-corrected chi connectivity index (χ0v) is 8.32. The molecule has 76 valence electrons. The van der Waals surface area contributed by atoms with Crippen molar-refractivity contribution in [1.29, 1.82) is 0 Å². The van der Waals surface area contributed by atoms with Crippen molar-refractivity contribution in [3.05, 3.63) is 29.3 Å². The topological polar surface area (TPSA) is 57.5 Å². The average Bonchev–Trinajstić information content (AvgIpc) is 2.11. The van der Waals surface area contributed by atoms with Gasteiger partial charge in [0.25, 0.3) is 0 Å². The van der Waals surface area contributed by atoms with Crippen molar-refractivity contribution in [2.45, 2.75) is 20.3 Å². The molecule has 0 saturated carbocycles. The summed E-state index contributed by atoms with van der Waals surface area (Å²) in [4.78, 5) is 10.6. The molecule has 0 saturated heterocycles. The van der Waals surface area contributed by atoms with Crippen molar-refractivity contribution in [2.24, 2.45) is 5.92 Å². The second-order valence-electron chi connectivity index (χ2n) is 3.58. The first-order valence-corrected chi connectivity index (χ1v) is 4.52. The molecule has 0 bridgehead atoms. The predicted molar refractivity (Wildman–Crippen MR) is 53.3 cm³/mol. The van der Waals surface area contributed by atoms with Gasteiger partial charge in [0.1, 0.15) is 5.75 Å². The van der Waals surface area contributed by atoms with Crippen LogP contribution in [0.4, 0.5) is 0 Å². The van der Waals surface area contributed by atoms with E-state index in [4.69, 9.17) is 5.11 Å². The Morgan fingerprint density at radius 1 is 1.50 bits per heavy atom. The van der Waals surface area contributed by atoms with Crippen molar-refractivity contribution < 1.29 is 15.0 Å². The molecular formula is C11H14O3. The van der Waals surface area contributed by atoms with Crippen LogP contribution in [0.5, 0.6) is 5.75 Å². The minimum atomic E-state index is -0.842. The Bertz CT molecular complexity index is 344. The highest BCUT2D eigenvalue weighted by Crippen LogP contribution is 2.21. The van der Waals surface area contributed by atoms with E-state index in [9.17, 15) is 9.90 Å². The highest BCUT2D eigenvalue weighted by molar-refractivity contribution is 5.70. The maximum Gasteiger partial charge on any atom is 0.306 e. The molecule has 3 nitrogen and oxygen atoms in total. The Balaban J connectivity index is 2.85. The zero-order valence-electron chi connectivity index (χ0n) is 8.32. The van der Waals surface area contributed by atoms with Crippen LogP contribution >= 0.6 is 0 Å². The summed E-state index contributed by atoms with van der Waals surface area (Å²) in [6, 6.07) is 5.21. The van der Waals surface area contributed by atoms with Gasteiger partial charge in [-0.15, -0.1) is 0 Å². The van der Waals surface area contributed by atoms with E-state index in [0.29, 0.717) is 12.0 Å². The Morgan fingerprint density at radius 2 is 2.14 bits per heavy atom. The van der Waals surface area contributed by atoms with Gasteiger partial charge in [0.15, 0.2) is 0 Å². The highest BCUT2D eigenvalue weighted by Gasteiger charge is 2.13. The molecule has 1 aromatic carbocycles. The molecular weight excluding hydrogens is 180 g/mol. The lowest BCUT2D eigenvalue weighted by Crippen LogP contribution is -2.12. The summed E-state index contributed by atoms with van der Waals surface area (Å²) in [5.41, 5.74) is 1.72. The number of carboxylic acid groups (broad SMARTS) is 1. The second-order valence-corrected chi connectivity index (χ2v) is 3.58. The van der Waals surface area contributed by atoms with E-state index in [-0.39, 0.29) is 5.75 Å². The van der Waals surface area contributed by atoms with E-state index in [1.165, 1.54) is 0 Å². The molecule has 0 radical (unpaired) electrons. The summed E-state index contributed by atoms with van der Waals surface area (Å²) >= 11 is 0. The molecule has 0 aliphatic carbocycles. The largest absolute Gasteiger partial charge is 0.508 e. The van der Waals surface area contributed by atoms with Gasteiger partial charge >= 0.3 is 5.97 Å². The number of aryl methyl sites for hydroxylation is 1. The number of phenolic OH excluding ortho intramolecular Hbond substituents is 1. The molecule has 0 heterocycles. The number of hydrogen-bond donors (Lipinski definition) is 2. The Morgan fingerprint density at radius 3 is 2.71 bits per heavy atom. The predicted octanol–water partition coefficient (Wildman–Crippen LogP) is 1.96. The van der Waals surface area contributed by atoms with Gasteiger partial charge in [0.2, 0.25) is 0 Å². The van der Waals surface area contributed by atoms with E-state index >= 15 is 0 Å². The first kappa shape index (κ1) is 10.6. The lowest BCUT2D eigenvalue weighted by atomic mass is 9.99. The van der Waals surface area contributed by atoms with Crippen molar-refractivity contribution >= 4 is 5.97 Å². The molecule has 0 fully saturated rings. The fraction of sp³-hybridized carbons (Fsp3) is 0.364. The second kappa shape index (κ2) is 4.13. The number of aliphatic carboxylic acids is 1. The average molecular weight is 194 g/mol. The molecule has 1 atom stereocenters. The van der Waals surface area contributed by atoms with Gasteiger partial charge in [0.05, 0.1) is 5.92 Å². The molecule has 0 aliphatic heterocycles. The molecule has 1 unspecified atom stereocenters. The molecule has 1 aromatic rings. The number of aromatic hydroxyl groups is 1. The molecule has 2 N–H and O–H groups in total. The van der Waals surface area contributed by atoms with Crippen LogP contribution in [0.25, 0.3) is 0 Å². The van der Waals surface area contributed by atoms with Gasteiger partial charge < -0.3 is 10.2 Å². The number of rotatable bonds is 3. The quantitative estimate of drug-likeness (QED) is 0.773. The van der Waals surface area contributed by atoms with E-state index < -0.39 is 11.9 Å². The molecule has 1 rings (SSSR count). The summed E-state index contributed by atoms with van der Waals surface area (Å²) < 4.78 is 0. The van der Waals surface area contributed by atoms with Crippen LogP contribution in [0.1, 0.15) is 18.1 Å². The Hall–Kier alpha value is -1.51. The molecule has 0 aliphatic rings. The Kier molecular flexibility index (Phi) is 3.12. The number of carbonyl (C=O) groups is 1. The van der Waals surface area contributed by atoms with Crippen LogP contribution in [0, 0.1) is 12.8 Å². The smallest absolute Gasteiger partial charge is 0.306 e. The standard InChI is InChI=1S/C11H14O3/c1-7-3-4-10(12)9(5-7)6-8(2)11(13)14/h3-5,8,12H,6H2,1-2H3,(H,13,14). The van der Waals surface area contributed by atoms with Crippen LogP contribution in [0.3, 0.4) is 0 Å². The van der Waals surface area contributed by atoms with Crippen LogP contribution in [-0.4, -0.2) is 16.2 Å². The van der Waals surface area contributed by atoms with Crippen LogP contribution in [0.15, 0.2) is 18.2 Å². The fourth-order valence-corrected chi connectivity index (χ4v) is 1.29. The SMILES string of the molecule is Cc1ccc(O)c(CC(C)C(=O)O)c1. The summed E-state index contributed by atoms with van der Waals surface area (Å²) in [7, 11) is 0. The van der Waals surface area contributed by atoms with Crippen molar-refractivity contribution in [1.82, 2.24) is 0 Å². The fourth-order valence-electron chi connectivity index (χ4n) is 1.29. The third-order valence-electron chi connectivity index (χ3n) is 2.18. The molecule has 0 spiro atoms. The monoisotopic (exact) mass is 194 g/mol. The molecule has 0 aromatic heterocycles. The van der Waals surface area contributed by atoms with Crippen LogP contribution < -0.4 is 0 Å². The summed E-state index contributed by atoms with van der Waals surface area (Å²) in [5, 5.41) is 18.2. The normalized spacial score (nSPS) is 12.4. The van der Waals surface area contributed by atoms with E-state index in [1.807, 2.05) is 13.0 Å². The number of phenols is 1. The highest BCUT2D eigenvalue weighted by atomic mass is 16.4. The van der Waals surface area contributed by atoms with E-state index in [1.54, 1.807) is 19.1 Å². The van der Waals surface area contributed by atoms with Crippen LogP contribution in [0.2, 0.25) is 0 Å². The maximum absolute atomic E-state index is 10.6. The lowest BCUT2D eigenvalue weighted by Gasteiger charge is -2.08. The summed E-state index contributed by atoms with van der Waals surface area (Å²) in [5.74, 6) is -1.14. The van der Waals surface area contributed by atoms with Crippen molar-refractivity contribution in [3.8, 4) is 5.75 Å². The first-order chi connectivity index (χ1) is 6.50. The van der Waals surface area contributed by atoms with Gasteiger partial charge in [0, 0.05) is 0 Å². The van der Waals surface area contributed by atoms with E-state index in [2.05, 4.69) is 0 Å². The third-order valence-corrected chi connectivity index (χ3v) is 2.18. The van der Waals surface area contributed by atoms with Crippen LogP contribution in [-0.2, 0) is 11.2 Å². The van der Waals surface area contributed by atoms with Gasteiger partial charge in [-0.3, -0.25) is 4.79 Å². The van der Waals surface area contributed by atoms with Crippen molar-refractivity contribution in [3.63, 3.8) is 0 Å². The Labute approximate surface area is 83.0 Å². The lowest BCUT2D eigenvalue weighted by molar-refractivity contribution is -0.141. The minimum Gasteiger partial charge on any atom is -0.508 e. The van der Waals surface area contributed by atoms with Gasteiger partial charge in [-0.2, -0.15) is 0 Å². The summed E-state index contributed by atoms with van der Waals surface area (Å²) in [6.07, 6.45) is 0.364. The minimum absolute atomic E-state index is 0.170. The van der Waals surface area contributed by atoms with Gasteiger partial charge in [-0.1, -0.05) is 24.6 Å². The van der Waals surface area contributed by atoms with E-state index in [0.717, 1.165) is 5.56 Å². The molecule has 0 amide bonds.